The van der Waals surface area contributed by atoms with Gasteiger partial charge in [0.2, 0.25) is 0 Å². The lowest BCUT2D eigenvalue weighted by atomic mass is 10.1. The fourth-order valence-electron chi connectivity index (χ4n) is 1.88. The van der Waals surface area contributed by atoms with E-state index in [1.54, 1.807) is 12.1 Å². The highest BCUT2D eigenvalue weighted by Gasteiger charge is 2.29. The fourth-order valence-corrected chi connectivity index (χ4v) is 2.04. The number of rotatable bonds is 4. The lowest BCUT2D eigenvalue weighted by Gasteiger charge is -2.24. The Morgan fingerprint density at radius 1 is 1.53 bits per heavy atom. The van der Waals surface area contributed by atoms with Crippen LogP contribution in [-0.2, 0) is 0 Å². The number of carbonyl (C=O) groups is 1. The van der Waals surface area contributed by atoms with Crippen molar-refractivity contribution in [3.8, 4) is 0 Å². The summed E-state index contributed by atoms with van der Waals surface area (Å²) in [5.74, 6) is 0. The number of halogens is 1. The zero-order valence-corrected chi connectivity index (χ0v) is 9.50. The van der Waals surface area contributed by atoms with Crippen molar-refractivity contribution in [1.82, 2.24) is 0 Å². The average molecular weight is 224 g/mol. The van der Waals surface area contributed by atoms with E-state index < -0.39 is 0 Å². The number of anilines is 1. The largest absolute Gasteiger partial charge is 0.368 e. The van der Waals surface area contributed by atoms with Crippen LogP contribution in [-0.4, -0.2) is 18.9 Å². The first kappa shape index (κ1) is 10.5. The summed E-state index contributed by atoms with van der Waals surface area (Å²) < 4.78 is 0. The molecule has 0 bridgehead atoms. The van der Waals surface area contributed by atoms with Gasteiger partial charge in [-0.3, -0.25) is 4.79 Å². The molecule has 80 valence electrons. The number of nitrogens with zero attached hydrogens (tertiary/aromatic N) is 1. The zero-order valence-electron chi connectivity index (χ0n) is 8.74. The van der Waals surface area contributed by atoms with Gasteiger partial charge >= 0.3 is 0 Å². The van der Waals surface area contributed by atoms with Crippen molar-refractivity contribution < 1.29 is 4.79 Å². The van der Waals surface area contributed by atoms with E-state index in [2.05, 4.69) is 11.8 Å². The molecular formula is C12H14ClNO. The van der Waals surface area contributed by atoms with Crippen LogP contribution >= 0.6 is 11.6 Å². The minimum absolute atomic E-state index is 0.604. The van der Waals surface area contributed by atoms with Crippen molar-refractivity contribution in [2.45, 2.75) is 25.8 Å². The molecule has 2 rings (SSSR count). The number of aldehydes is 1. The second-order valence-electron chi connectivity index (χ2n) is 3.84. The van der Waals surface area contributed by atoms with Crippen LogP contribution in [0.5, 0.6) is 0 Å². The van der Waals surface area contributed by atoms with E-state index in [0.29, 0.717) is 11.1 Å². The maximum Gasteiger partial charge on any atom is 0.152 e. The van der Waals surface area contributed by atoms with Crippen LogP contribution in [0.2, 0.25) is 5.02 Å². The summed E-state index contributed by atoms with van der Waals surface area (Å²) in [4.78, 5) is 13.2. The first-order chi connectivity index (χ1) is 7.26. The van der Waals surface area contributed by atoms with Crippen LogP contribution in [0.25, 0.3) is 0 Å². The molecule has 1 aromatic rings. The molecule has 1 fully saturated rings. The SMILES string of the molecule is CCN(c1cc(Cl)ccc1C=O)C1CC1. The predicted octanol–water partition coefficient (Wildman–Crippen LogP) is 3.14. The van der Waals surface area contributed by atoms with E-state index in [0.717, 1.165) is 24.1 Å². The predicted molar refractivity (Wildman–Crippen MR) is 62.9 cm³/mol. The Kier molecular flexibility index (Phi) is 2.96. The van der Waals surface area contributed by atoms with Gasteiger partial charge < -0.3 is 4.90 Å². The Morgan fingerprint density at radius 2 is 2.27 bits per heavy atom. The molecule has 1 aromatic carbocycles. The van der Waals surface area contributed by atoms with Crippen molar-refractivity contribution in [3.05, 3.63) is 28.8 Å². The van der Waals surface area contributed by atoms with Gasteiger partial charge in [0.05, 0.1) is 0 Å². The van der Waals surface area contributed by atoms with Gasteiger partial charge in [-0.25, -0.2) is 0 Å². The van der Waals surface area contributed by atoms with E-state index in [4.69, 9.17) is 11.6 Å². The molecule has 0 atom stereocenters. The topological polar surface area (TPSA) is 20.3 Å². The lowest BCUT2D eigenvalue weighted by molar-refractivity contribution is 0.112. The van der Waals surface area contributed by atoms with Gasteiger partial charge in [0.1, 0.15) is 0 Å². The highest BCUT2D eigenvalue weighted by molar-refractivity contribution is 6.31. The molecule has 0 aromatic heterocycles. The van der Waals surface area contributed by atoms with Crippen molar-refractivity contribution in [2.75, 3.05) is 11.4 Å². The van der Waals surface area contributed by atoms with E-state index in [1.165, 1.54) is 12.8 Å². The normalized spacial score (nSPS) is 15.1. The highest BCUT2D eigenvalue weighted by Crippen LogP contribution is 2.34. The van der Waals surface area contributed by atoms with E-state index in [9.17, 15) is 4.79 Å². The van der Waals surface area contributed by atoms with Gasteiger partial charge in [0.25, 0.3) is 0 Å². The Labute approximate surface area is 94.8 Å². The third-order valence-corrected chi connectivity index (χ3v) is 2.99. The van der Waals surface area contributed by atoms with Crippen LogP contribution < -0.4 is 4.90 Å². The minimum Gasteiger partial charge on any atom is -0.368 e. The summed E-state index contributed by atoms with van der Waals surface area (Å²) >= 11 is 5.96. The van der Waals surface area contributed by atoms with E-state index >= 15 is 0 Å². The molecule has 0 aliphatic heterocycles. The Hall–Kier alpha value is -1.02. The third kappa shape index (κ3) is 2.15. The standard InChI is InChI=1S/C12H14ClNO/c1-2-14(11-5-6-11)12-7-10(13)4-3-9(12)8-15/h3-4,7-8,11H,2,5-6H2,1H3. The minimum atomic E-state index is 0.604. The van der Waals surface area contributed by atoms with Gasteiger partial charge in [-0.1, -0.05) is 11.6 Å². The molecule has 2 nitrogen and oxygen atoms in total. The van der Waals surface area contributed by atoms with E-state index in [1.807, 2.05) is 6.07 Å². The number of carbonyl (C=O) groups excluding carboxylic acids is 1. The highest BCUT2D eigenvalue weighted by atomic mass is 35.5. The van der Waals surface area contributed by atoms with Crippen molar-refractivity contribution in [3.63, 3.8) is 0 Å². The number of benzene rings is 1. The monoisotopic (exact) mass is 223 g/mol. The Morgan fingerprint density at radius 3 is 2.80 bits per heavy atom. The van der Waals surface area contributed by atoms with Crippen molar-refractivity contribution in [2.24, 2.45) is 0 Å². The van der Waals surface area contributed by atoms with Crippen LogP contribution in [0.1, 0.15) is 30.1 Å². The summed E-state index contributed by atoms with van der Waals surface area (Å²) in [7, 11) is 0. The molecule has 15 heavy (non-hydrogen) atoms. The summed E-state index contributed by atoms with van der Waals surface area (Å²) in [5, 5.41) is 0.690. The molecule has 0 radical (unpaired) electrons. The molecule has 0 heterocycles. The molecule has 0 spiro atoms. The second-order valence-corrected chi connectivity index (χ2v) is 4.27. The quantitative estimate of drug-likeness (QED) is 0.731. The zero-order chi connectivity index (χ0) is 10.8. The molecular weight excluding hydrogens is 210 g/mol. The number of hydrogen-bond donors (Lipinski definition) is 0. The van der Waals surface area contributed by atoms with Gasteiger partial charge in [-0.15, -0.1) is 0 Å². The maximum absolute atomic E-state index is 10.9. The summed E-state index contributed by atoms with van der Waals surface area (Å²) in [6.07, 6.45) is 3.34. The van der Waals surface area contributed by atoms with Gasteiger partial charge in [0, 0.05) is 28.9 Å². The first-order valence-electron chi connectivity index (χ1n) is 5.27. The third-order valence-electron chi connectivity index (χ3n) is 2.76. The summed E-state index contributed by atoms with van der Waals surface area (Å²) in [5.41, 5.74) is 1.70. The second kappa shape index (κ2) is 4.23. The van der Waals surface area contributed by atoms with Crippen LogP contribution in [0.15, 0.2) is 18.2 Å². The number of hydrogen-bond acceptors (Lipinski definition) is 2. The summed E-state index contributed by atoms with van der Waals surface area (Å²) in [6, 6.07) is 6.03. The summed E-state index contributed by atoms with van der Waals surface area (Å²) in [6.45, 7) is 3.03. The molecule has 0 unspecified atom stereocenters. The molecule has 0 N–H and O–H groups in total. The van der Waals surface area contributed by atoms with Gasteiger partial charge in [-0.2, -0.15) is 0 Å². The lowest BCUT2D eigenvalue weighted by Crippen LogP contribution is -2.26. The first-order valence-corrected chi connectivity index (χ1v) is 5.65. The molecule has 1 aliphatic rings. The molecule has 0 amide bonds. The van der Waals surface area contributed by atoms with Crippen LogP contribution in [0.3, 0.4) is 0 Å². The smallest absolute Gasteiger partial charge is 0.152 e. The Bertz CT molecular complexity index is 374. The fraction of sp³-hybridized carbons (Fsp3) is 0.417. The van der Waals surface area contributed by atoms with Crippen LogP contribution in [0.4, 0.5) is 5.69 Å². The van der Waals surface area contributed by atoms with Crippen LogP contribution in [0, 0.1) is 0 Å². The molecule has 3 heteroatoms. The Balaban J connectivity index is 2.38. The van der Waals surface area contributed by atoms with Crippen molar-refractivity contribution >= 4 is 23.6 Å². The van der Waals surface area contributed by atoms with Gasteiger partial charge in [0.15, 0.2) is 6.29 Å². The molecule has 1 saturated carbocycles. The average Bonchev–Trinajstić information content (AvgIpc) is 3.04. The van der Waals surface area contributed by atoms with Gasteiger partial charge in [-0.05, 0) is 38.0 Å². The molecule has 0 saturated heterocycles. The van der Waals surface area contributed by atoms with E-state index in [-0.39, 0.29) is 0 Å². The molecule has 1 aliphatic carbocycles. The maximum atomic E-state index is 10.9. The van der Waals surface area contributed by atoms with Crippen molar-refractivity contribution in [1.29, 1.82) is 0 Å².